The monoisotopic (exact) mass is 239 g/mol. The Morgan fingerprint density at radius 2 is 1.65 bits per heavy atom. The number of para-hydroxylation sites is 1. The van der Waals surface area contributed by atoms with Gasteiger partial charge in [-0.2, -0.15) is 0 Å². The van der Waals surface area contributed by atoms with Gasteiger partial charge in [-0.25, -0.2) is 0 Å². The molecule has 0 radical (unpaired) electrons. The lowest BCUT2D eigenvalue weighted by Crippen LogP contribution is -2.17. The number of hydrogen-bond donors (Lipinski definition) is 0. The Bertz CT molecular complexity index is 538. The molecule has 0 amide bonds. The summed E-state index contributed by atoms with van der Waals surface area (Å²) in [7, 11) is 0. The highest BCUT2D eigenvalue weighted by Gasteiger charge is 2.32. The molecule has 4 heteroatoms. The largest absolute Gasteiger partial charge is 0.573 e. The van der Waals surface area contributed by atoms with Crippen LogP contribution in [0.3, 0.4) is 0 Å². The molecule has 0 aliphatic carbocycles. The lowest BCUT2D eigenvalue weighted by molar-refractivity contribution is -0.274. The van der Waals surface area contributed by atoms with Gasteiger partial charge in [0.25, 0.3) is 0 Å². The quantitative estimate of drug-likeness (QED) is 0.761. The van der Waals surface area contributed by atoms with Gasteiger partial charge in [0.2, 0.25) is 0 Å². The summed E-state index contributed by atoms with van der Waals surface area (Å²) in [6.45, 7) is 0. The molecule has 0 spiro atoms. The van der Waals surface area contributed by atoms with Crippen molar-refractivity contribution >= 4 is 0 Å². The fourth-order valence-corrected chi connectivity index (χ4v) is 1.48. The van der Waals surface area contributed by atoms with Crippen molar-refractivity contribution < 1.29 is 19.3 Å². The third-order valence-electron chi connectivity index (χ3n) is 2.14. The van der Waals surface area contributed by atoms with Gasteiger partial charge in [-0.05, 0) is 11.6 Å². The molecule has 2 rings (SSSR count). The maximum absolute atomic E-state index is 12.3. The summed E-state index contributed by atoms with van der Waals surface area (Å²) in [5.41, 5.74) is 0.917. The van der Waals surface area contributed by atoms with E-state index in [1.54, 1.807) is 30.3 Å². The third-order valence-corrected chi connectivity index (χ3v) is 2.14. The lowest BCUT2D eigenvalue weighted by atomic mass is 10.1. The average Bonchev–Trinajstić information content (AvgIpc) is 2.28. The van der Waals surface area contributed by atoms with Gasteiger partial charge in [0.1, 0.15) is 5.75 Å². The molecule has 2 aromatic rings. The molecule has 0 bridgehead atoms. The Labute approximate surface area is 97.9 Å². The van der Waals surface area contributed by atoms with Crippen molar-refractivity contribution in [1.82, 2.24) is 0 Å². The minimum absolute atomic E-state index is 0.0334. The van der Waals surface area contributed by atoms with Crippen molar-refractivity contribution in [1.29, 1.82) is 0 Å². The number of ether oxygens (including phenoxy) is 1. The summed E-state index contributed by atoms with van der Waals surface area (Å²) in [5, 5.41) is 0. The van der Waals surface area contributed by atoms with Crippen LogP contribution in [0.5, 0.6) is 5.75 Å². The SMILES string of the molecule is [2H]c1ccc(-c2ccccc2)c(OC(F)(F)F)c1. The van der Waals surface area contributed by atoms with E-state index >= 15 is 0 Å². The number of alkyl halides is 3. The van der Waals surface area contributed by atoms with Gasteiger partial charge in [0.15, 0.2) is 0 Å². The number of benzene rings is 2. The summed E-state index contributed by atoms with van der Waals surface area (Å²) in [5.74, 6) is -0.360. The van der Waals surface area contributed by atoms with Crippen molar-refractivity contribution in [2.24, 2.45) is 0 Å². The molecule has 2 aromatic carbocycles. The molecule has 0 aliphatic heterocycles. The lowest BCUT2D eigenvalue weighted by Gasteiger charge is -2.13. The summed E-state index contributed by atoms with van der Waals surface area (Å²) in [4.78, 5) is 0. The minimum atomic E-state index is -4.77. The Morgan fingerprint density at radius 3 is 2.29 bits per heavy atom. The molecule has 1 nitrogen and oxygen atoms in total. The van der Waals surface area contributed by atoms with Crippen molar-refractivity contribution in [2.45, 2.75) is 6.36 Å². The second-order valence-electron chi connectivity index (χ2n) is 3.34. The molecule has 0 saturated heterocycles. The predicted molar refractivity (Wildman–Crippen MR) is 58.6 cm³/mol. The van der Waals surface area contributed by atoms with Crippen LogP contribution >= 0.6 is 0 Å². The molecule has 0 N–H and O–H groups in total. The summed E-state index contributed by atoms with van der Waals surface area (Å²) >= 11 is 0. The zero-order valence-electron chi connectivity index (χ0n) is 9.66. The Balaban J connectivity index is 2.47. The van der Waals surface area contributed by atoms with Crippen LogP contribution in [0.2, 0.25) is 0 Å². The van der Waals surface area contributed by atoms with Crippen molar-refractivity contribution in [3.63, 3.8) is 0 Å². The summed E-state index contributed by atoms with van der Waals surface area (Å²) < 4.78 is 48.2. The topological polar surface area (TPSA) is 9.23 Å². The Morgan fingerprint density at radius 1 is 0.941 bits per heavy atom. The first kappa shape index (κ1) is 10.2. The first-order valence-corrected chi connectivity index (χ1v) is 4.87. The highest BCUT2D eigenvalue weighted by molar-refractivity contribution is 5.70. The van der Waals surface area contributed by atoms with Crippen LogP contribution in [0.4, 0.5) is 13.2 Å². The molecule has 17 heavy (non-hydrogen) atoms. The predicted octanol–water partition coefficient (Wildman–Crippen LogP) is 4.25. The Kier molecular flexibility index (Phi) is 2.69. The van der Waals surface area contributed by atoms with Gasteiger partial charge in [0, 0.05) is 5.56 Å². The van der Waals surface area contributed by atoms with E-state index in [4.69, 9.17) is 1.37 Å². The van der Waals surface area contributed by atoms with E-state index in [9.17, 15) is 13.2 Å². The van der Waals surface area contributed by atoms with Crippen LogP contribution in [0, 0.1) is 0 Å². The first-order valence-electron chi connectivity index (χ1n) is 5.37. The van der Waals surface area contributed by atoms with Gasteiger partial charge >= 0.3 is 6.36 Å². The van der Waals surface area contributed by atoms with Crippen molar-refractivity contribution in [2.75, 3.05) is 0 Å². The van der Waals surface area contributed by atoms with Gasteiger partial charge in [0.05, 0.1) is 1.37 Å². The minimum Gasteiger partial charge on any atom is -0.405 e. The van der Waals surface area contributed by atoms with Crippen LogP contribution in [0.1, 0.15) is 1.37 Å². The van der Waals surface area contributed by atoms with Crippen LogP contribution in [-0.2, 0) is 0 Å². The molecule has 0 saturated carbocycles. The van der Waals surface area contributed by atoms with Crippen LogP contribution in [0.25, 0.3) is 11.1 Å². The van der Waals surface area contributed by atoms with Gasteiger partial charge < -0.3 is 4.74 Å². The summed E-state index contributed by atoms with van der Waals surface area (Å²) in [6.07, 6.45) is -4.77. The second kappa shape index (κ2) is 4.49. The fourth-order valence-electron chi connectivity index (χ4n) is 1.48. The maximum atomic E-state index is 12.3. The highest BCUT2D eigenvalue weighted by atomic mass is 19.4. The zero-order chi connectivity index (χ0) is 13.2. The molecule has 0 aromatic heterocycles. The normalized spacial score (nSPS) is 12.1. The molecule has 0 heterocycles. The third kappa shape index (κ3) is 3.00. The maximum Gasteiger partial charge on any atom is 0.573 e. The van der Waals surface area contributed by atoms with Crippen molar-refractivity contribution in [3.05, 3.63) is 54.6 Å². The fraction of sp³-hybridized carbons (Fsp3) is 0.0769. The zero-order valence-corrected chi connectivity index (χ0v) is 8.66. The number of halogens is 3. The van der Waals surface area contributed by atoms with E-state index in [-0.39, 0.29) is 11.8 Å². The van der Waals surface area contributed by atoms with Crippen LogP contribution in [-0.4, -0.2) is 6.36 Å². The molecule has 0 fully saturated rings. The van der Waals surface area contributed by atoms with Gasteiger partial charge in [-0.1, -0.05) is 48.5 Å². The second-order valence-corrected chi connectivity index (χ2v) is 3.34. The smallest absolute Gasteiger partial charge is 0.405 e. The van der Waals surface area contributed by atoms with Gasteiger partial charge in [-0.15, -0.1) is 13.2 Å². The van der Waals surface area contributed by atoms with Crippen LogP contribution in [0.15, 0.2) is 54.6 Å². The Hall–Kier alpha value is -1.97. The average molecular weight is 239 g/mol. The molecular weight excluding hydrogens is 229 g/mol. The summed E-state index contributed by atoms with van der Waals surface area (Å²) in [6, 6.07) is 12.5. The van der Waals surface area contributed by atoms with E-state index in [1.165, 1.54) is 12.1 Å². The van der Waals surface area contributed by atoms with E-state index in [0.29, 0.717) is 11.1 Å². The first-order chi connectivity index (χ1) is 8.46. The molecular formula is C13H9F3O. The van der Waals surface area contributed by atoms with Gasteiger partial charge in [-0.3, -0.25) is 0 Å². The number of hydrogen-bond acceptors (Lipinski definition) is 1. The van der Waals surface area contributed by atoms with E-state index in [2.05, 4.69) is 4.74 Å². The standard InChI is InChI=1S/C13H9F3O/c14-13(15,16)17-12-9-5-4-8-11(12)10-6-2-1-3-7-10/h1-9H/i5D. The van der Waals surface area contributed by atoms with E-state index < -0.39 is 6.36 Å². The molecule has 0 unspecified atom stereocenters. The molecule has 0 atom stereocenters. The van der Waals surface area contributed by atoms with Crippen molar-refractivity contribution in [3.8, 4) is 16.9 Å². The van der Waals surface area contributed by atoms with Crippen LogP contribution < -0.4 is 4.74 Å². The number of rotatable bonds is 2. The van der Waals surface area contributed by atoms with E-state index in [0.717, 1.165) is 6.07 Å². The highest BCUT2D eigenvalue weighted by Crippen LogP contribution is 2.33. The molecule has 88 valence electrons. The van der Waals surface area contributed by atoms with E-state index in [1.807, 2.05) is 0 Å². The molecule has 0 aliphatic rings.